The minimum atomic E-state index is -1.02. The summed E-state index contributed by atoms with van der Waals surface area (Å²) in [5.41, 5.74) is 0. The molecule has 0 spiro atoms. The summed E-state index contributed by atoms with van der Waals surface area (Å²) in [6, 6.07) is 7.22. The lowest BCUT2D eigenvalue weighted by Gasteiger charge is -2.01. The van der Waals surface area contributed by atoms with Gasteiger partial charge in [0.15, 0.2) is 0 Å². The van der Waals surface area contributed by atoms with Crippen LogP contribution in [0.4, 0.5) is 0 Å². The van der Waals surface area contributed by atoms with Gasteiger partial charge in [-0.05, 0) is 12.1 Å². The second kappa shape index (κ2) is 3.78. The van der Waals surface area contributed by atoms with Gasteiger partial charge >= 0.3 is 0 Å². The Hall–Kier alpha value is -0.380. The molecule has 4 heteroatoms. The van der Waals surface area contributed by atoms with E-state index < -0.39 is 10.8 Å². The van der Waals surface area contributed by atoms with Crippen LogP contribution in [0.5, 0.6) is 0 Å². The third-order valence-corrected chi connectivity index (χ3v) is 3.78. The average Bonchev–Trinajstić information content (AvgIpc) is 2.89. The summed E-state index contributed by atoms with van der Waals surface area (Å²) >= 11 is 5.89. The van der Waals surface area contributed by atoms with Gasteiger partial charge in [0.2, 0.25) is 0 Å². The van der Waals surface area contributed by atoms with Crippen LogP contribution < -0.4 is 0 Å². The quantitative estimate of drug-likeness (QED) is 0.722. The normalized spacial score (nSPS) is 22.7. The molecule has 1 saturated heterocycles. The minimum Gasteiger partial charge on any atom is -0.372 e. The molecule has 2 nitrogen and oxygen atoms in total. The maximum Gasteiger partial charge on any atom is 0.0928 e. The maximum atomic E-state index is 11.7. The average molecular weight is 217 g/mol. The predicted molar refractivity (Wildman–Crippen MR) is 52.5 cm³/mol. The largest absolute Gasteiger partial charge is 0.372 e. The summed E-state index contributed by atoms with van der Waals surface area (Å²) in [7, 11) is -1.02. The van der Waals surface area contributed by atoms with Crippen LogP contribution in [0.25, 0.3) is 0 Å². The summed E-state index contributed by atoms with van der Waals surface area (Å²) in [6.45, 7) is 0.732. The summed E-state index contributed by atoms with van der Waals surface area (Å²) in [5.74, 6) is 0.559. The number of halogens is 1. The van der Waals surface area contributed by atoms with Crippen LogP contribution in [-0.2, 0) is 15.5 Å². The highest BCUT2D eigenvalue weighted by Gasteiger charge is 2.26. The van der Waals surface area contributed by atoms with Crippen molar-refractivity contribution >= 4 is 22.4 Å². The fraction of sp³-hybridized carbons (Fsp3) is 0.333. The molecular weight excluding hydrogens is 208 g/mol. The van der Waals surface area contributed by atoms with Gasteiger partial charge in [-0.15, -0.1) is 0 Å². The molecule has 1 aromatic carbocycles. The molecule has 0 aromatic heterocycles. The van der Waals surface area contributed by atoms with Crippen LogP contribution in [0.2, 0.25) is 5.02 Å². The highest BCUT2D eigenvalue weighted by Crippen LogP contribution is 2.21. The van der Waals surface area contributed by atoms with Crippen molar-refractivity contribution < 1.29 is 8.95 Å². The van der Waals surface area contributed by atoms with Gasteiger partial charge in [0.1, 0.15) is 0 Å². The fourth-order valence-corrected chi connectivity index (χ4v) is 2.67. The van der Waals surface area contributed by atoms with Gasteiger partial charge in [-0.25, -0.2) is 0 Å². The zero-order valence-electron chi connectivity index (χ0n) is 6.90. The molecule has 1 aromatic rings. The standard InChI is InChI=1S/C9H9ClO2S/c10-8-3-1-2-4-9(8)13(11)6-7-5-12-7/h1-4,7H,5-6H2. The van der Waals surface area contributed by atoms with E-state index in [9.17, 15) is 4.21 Å². The Labute approximate surface area is 84.3 Å². The molecule has 0 aliphatic carbocycles. The first-order chi connectivity index (χ1) is 6.27. The zero-order valence-corrected chi connectivity index (χ0v) is 8.48. The molecule has 70 valence electrons. The predicted octanol–water partition coefficient (Wildman–Crippen LogP) is 1.85. The van der Waals surface area contributed by atoms with Crippen LogP contribution in [0.15, 0.2) is 29.2 Å². The van der Waals surface area contributed by atoms with E-state index in [0.717, 1.165) is 6.61 Å². The van der Waals surface area contributed by atoms with Crippen molar-refractivity contribution in [3.63, 3.8) is 0 Å². The number of hydrogen-bond donors (Lipinski definition) is 0. The topological polar surface area (TPSA) is 29.6 Å². The molecule has 2 rings (SSSR count). The Morgan fingerprint density at radius 2 is 2.23 bits per heavy atom. The van der Waals surface area contributed by atoms with Crippen LogP contribution in [0.1, 0.15) is 0 Å². The van der Waals surface area contributed by atoms with Crippen LogP contribution in [0.3, 0.4) is 0 Å². The van der Waals surface area contributed by atoms with E-state index in [2.05, 4.69) is 0 Å². The van der Waals surface area contributed by atoms with E-state index >= 15 is 0 Å². The molecule has 0 bridgehead atoms. The molecular formula is C9H9ClO2S. The van der Waals surface area contributed by atoms with Gasteiger partial charge in [0, 0.05) is 0 Å². The van der Waals surface area contributed by atoms with Crippen LogP contribution in [0, 0.1) is 0 Å². The van der Waals surface area contributed by atoms with Gasteiger partial charge in [0.05, 0.1) is 39.2 Å². The van der Waals surface area contributed by atoms with Crippen molar-refractivity contribution in [2.75, 3.05) is 12.4 Å². The molecule has 0 saturated carbocycles. The lowest BCUT2D eigenvalue weighted by atomic mass is 10.4. The second-order valence-electron chi connectivity index (χ2n) is 2.90. The van der Waals surface area contributed by atoms with Crippen molar-refractivity contribution in [3.05, 3.63) is 29.3 Å². The van der Waals surface area contributed by atoms with Gasteiger partial charge < -0.3 is 4.74 Å². The van der Waals surface area contributed by atoms with Crippen LogP contribution >= 0.6 is 11.6 Å². The lowest BCUT2D eigenvalue weighted by Crippen LogP contribution is -2.04. The number of rotatable bonds is 3. The van der Waals surface area contributed by atoms with E-state index in [1.807, 2.05) is 12.1 Å². The molecule has 1 aliphatic rings. The first-order valence-corrected chi connectivity index (χ1v) is 5.71. The van der Waals surface area contributed by atoms with E-state index in [0.29, 0.717) is 15.7 Å². The third-order valence-electron chi connectivity index (χ3n) is 1.82. The SMILES string of the molecule is O=S(CC1CO1)c1ccccc1Cl. The van der Waals surface area contributed by atoms with Crippen molar-refractivity contribution in [1.29, 1.82) is 0 Å². The monoisotopic (exact) mass is 216 g/mol. The molecule has 1 heterocycles. The van der Waals surface area contributed by atoms with Crippen LogP contribution in [-0.4, -0.2) is 22.7 Å². The van der Waals surface area contributed by atoms with Crippen molar-refractivity contribution in [1.82, 2.24) is 0 Å². The Morgan fingerprint density at radius 3 is 2.85 bits per heavy atom. The molecule has 0 radical (unpaired) electrons. The van der Waals surface area contributed by atoms with Crippen molar-refractivity contribution in [3.8, 4) is 0 Å². The van der Waals surface area contributed by atoms with Gasteiger partial charge in [-0.3, -0.25) is 4.21 Å². The van der Waals surface area contributed by atoms with E-state index in [1.165, 1.54) is 0 Å². The molecule has 1 aliphatic heterocycles. The highest BCUT2D eigenvalue weighted by molar-refractivity contribution is 7.85. The molecule has 2 atom stereocenters. The summed E-state index contributed by atoms with van der Waals surface area (Å²) in [6.07, 6.45) is 0.178. The molecule has 0 N–H and O–H groups in total. The Bertz CT molecular complexity index is 336. The summed E-state index contributed by atoms with van der Waals surface area (Å²) < 4.78 is 16.7. The second-order valence-corrected chi connectivity index (χ2v) is 4.77. The first-order valence-electron chi connectivity index (χ1n) is 4.02. The smallest absolute Gasteiger partial charge is 0.0928 e. The van der Waals surface area contributed by atoms with E-state index in [4.69, 9.17) is 16.3 Å². The number of ether oxygens (including phenoxy) is 1. The van der Waals surface area contributed by atoms with E-state index in [1.54, 1.807) is 12.1 Å². The van der Waals surface area contributed by atoms with E-state index in [-0.39, 0.29) is 6.10 Å². The minimum absolute atomic E-state index is 0.178. The Balaban J connectivity index is 2.13. The van der Waals surface area contributed by atoms with Crippen molar-refractivity contribution in [2.24, 2.45) is 0 Å². The Kier molecular flexibility index (Phi) is 2.67. The van der Waals surface area contributed by atoms with Gasteiger partial charge in [-0.1, -0.05) is 23.7 Å². The molecule has 13 heavy (non-hydrogen) atoms. The third kappa shape index (κ3) is 2.30. The van der Waals surface area contributed by atoms with Crippen molar-refractivity contribution in [2.45, 2.75) is 11.0 Å². The number of benzene rings is 1. The number of epoxide rings is 1. The van der Waals surface area contributed by atoms with Gasteiger partial charge in [0.25, 0.3) is 0 Å². The van der Waals surface area contributed by atoms with Gasteiger partial charge in [-0.2, -0.15) is 0 Å². The fourth-order valence-electron chi connectivity index (χ4n) is 1.05. The highest BCUT2D eigenvalue weighted by atomic mass is 35.5. The summed E-state index contributed by atoms with van der Waals surface area (Å²) in [4.78, 5) is 0.708. The zero-order chi connectivity index (χ0) is 9.26. The summed E-state index contributed by atoms with van der Waals surface area (Å²) in [5, 5.41) is 0.571. The molecule has 2 unspecified atom stereocenters. The molecule has 0 amide bonds. The molecule has 1 fully saturated rings. The Morgan fingerprint density at radius 1 is 1.54 bits per heavy atom. The number of hydrogen-bond acceptors (Lipinski definition) is 2. The lowest BCUT2D eigenvalue weighted by molar-refractivity contribution is 0.425. The maximum absolute atomic E-state index is 11.7. The first kappa shape index (κ1) is 9.19.